The molecule has 6 heteroatoms. The summed E-state index contributed by atoms with van der Waals surface area (Å²) in [4.78, 5) is 0. The number of nitrogens with one attached hydrogen (secondary N) is 1. The molecule has 1 aromatic carbocycles. The first kappa shape index (κ1) is 11.4. The van der Waals surface area contributed by atoms with Gasteiger partial charge >= 0.3 is 6.01 Å². The third kappa shape index (κ3) is 2.54. The Morgan fingerprint density at radius 1 is 1.44 bits per heavy atom. The smallest absolute Gasteiger partial charge is 0.320 e. The van der Waals surface area contributed by atoms with Gasteiger partial charge in [-0.25, -0.2) is 0 Å². The number of alkyl halides is 1. The first-order valence-electron chi connectivity index (χ1n) is 4.60. The molecule has 2 aromatic rings. The fourth-order valence-electron chi connectivity index (χ4n) is 1.19. The monoisotopic (exact) mass is 301 g/mol. The van der Waals surface area contributed by atoms with Gasteiger partial charge in [-0.2, -0.15) is 0 Å². The SMILES string of the molecule is Cc1ccc(Nc2nnc(CCl)o2)c(Br)c1. The standard InChI is InChI=1S/C10H9BrClN3O/c1-6-2-3-8(7(11)4-6)13-10-15-14-9(5-12)16-10/h2-4H,5H2,1H3,(H,13,15). The van der Waals surface area contributed by atoms with Gasteiger partial charge in [-0.05, 0) is 40.5 Å². The normalized spacial score (nSPS) is 10.4. The van der Waals surface area contributed by atoms with Crippen molar-refractivity contribution in [2.24, 2.45) is 0 Å². The summed E-state index contributed by atoms with van der Waals surface area (Å²) in [5, 5.41) is 10.6. The van der Waals surface area contributed by atoms with Crippen molar-refractivity contribution in [2.75, 3.05) is 5.32 Å². The number of hydrogen-bond donors (Lipinski definition) is 1. The van der Waals surface area contributed by atoms with Crippen molar-refractivity contribution in [2.45, 2.75) is 12.8 Å². The Morgan fingerprint density at radius 2 is 2.25 bits per heavy atom. The van der Waals surface area contributed by atoms with Crippen molar-refractivity contribution in [3.63, 3.8) is 0 Å². The molecule has 1 aromatic heterocycles. The fourth-order valence-corrected chi connectivity index (χ4v) is 1.90. The van der Waals surface area contributed by atoms with Crippen LogP contribution in [0.4, 0.5) is 11.7 Å². The van der Waals surface area contributed by atoms with Crippen molar-refractivity contribution in [1.82, 2.24) is 10.2 Å². The molecule has 0 atom stereocenters. The summed E-state index contributed by atoms with van der Waals surface area (Å²) in [7, 11) is 0. The molecule has 0 radical (unpaired) electrons. The van der Waals surface area contributed by atoms with E-state index in [0.29, 0.717) is 11.9 Å². The average molecular weight is 303 g/mol. The third-order valence-corrected chi connectivity index (χ3v) is 2.83. The zero-order valence-corrected chi connectivity index (χ0v) is 10.8. The number of halogens is 2. The minimum Gasteiger partial charge on any atom is -0.407 e. The number of rotatable bonds is 3. The largest absolute Gasteiger partial charge is 0.407 e. The summed E-state index contributed by atoms with van der Waals surface area (Å²) < 4.78 is 6.18. The minimum absolute atomic E-state index is 0.212. The fraction of sp³-hybridized carbons (Fsp3) is 0.200. The van der Waals surface area contributed by atoms with Crippen LogP contribution >= 0.6 is 27.5 Å². The molecule has 1 N–H and O–H groups in total. The predicted molar refractivity (Wildman–Crippen MR) is 66.0 cm³/mol. The number of benzene rings is 1. The summed E-state index contributed by atoms with van der Waals surface area (Å²) in [6.07, 6.45) is 0. The van der Waals surface area contributed by atoms with E-state index < -0.39 is 0 Å². The zero-order valence-electron chi connectivity index (χ0n) is 8.50. The third-order valence-electron chi connectivity index (χ3n) is 1.95. The lowest BCUT2D eigenvalue weighted by Crippen LogP contribution is -1.91. The van der Waals surface area contributed by atoms with Gasteiger partial charge in [0.2, 0.25) is 5.89 Å². The van der Waals surface area contributed by atoms with E-state index in [0.717, 1.165) is 10.2 Å². The second-order valence-electron chi connectivity index (χ2n) is 3.24. The molecule has 2 rings (SSSR count). The minimum atomic E-state index is 0.212. The highest BCUT2D eigenvalue weighted by Gasteiger charge is 2.06. The van der Waals surface area contributed by atoms with Crippen LogP contribution in [0.5, 0.6) is 0 Å². The Morgan fingerprint density at radius 3 is 2.88 bits per heavy atom. The summed E-state index contributed by atoms with van der Waals surface area (Å²) in [6.45, 7) is 2.02. The highest BCUT2D eigenvalue weighted by Crippen LogP contribution is 2.26. The molecule has 0 unspecified atom stereocenters. The number of nitrogens with zero attached hydrogens (tertiary/aromatic N) is 2. The second-order valence-corrected chi connectivity index (χ2v) is 4.36. The van der Waals surface area contributed by atoms with Crippen molar-refractivity contribution >= 4 is 39.2 Å². The van der Waals surface area contributed by atoms with E-state index >= 15 is 0 Å². The van der Waals surface area contributed by atoms with E-state index in [4.69, 9.17) is 16.0 Å². The van der Waals surface area contributed by atoms with Gasteiger partial charge in [-0.15, -0.1) is 16.7 Å². The topological polar surface area (TPSA) is 51.0 Å². The Kier molecular flexibility index (Phi) is 3.46. The van der Waals surface area contributed by atoms with Gasteiger partial charge in [-0.3, -0.25) is 0 Å². The van der Waals surface area contributed by atoms with E-state index in [1.807, 2.05) is 25.1 Å². The van der Waals surface area contributed by atoms with Crippen molar-refractivity contribution in [1.29, 1.82) is 0 Å². The van der Waals surface area contributed by atoms with Gasteiger partial charge in [-0.1, -0.05) is 11.2 Å². The lowest BCUT2D eigenvalue weighted by Gasteiger charge is -2.04. The first-order chi connectivity index (χ1) is 7.69. The van der Waals surface area contributed by atoms with Gasteiger partial charge in [0.15, 0.2) is 0 Å². The number of anilines is 2. The van der Waals surface area contributed by atoms with Crippen LogP contribution in [-0.2, 0) is 5.88 Å². The summed E-state index contributed by atoms with van der Waals surface area (Å²) in [5.41, 5.74) is 2.04. The van der Waals surface area contributed by atoms with Crippen molar-refractivity contribution < 1.29 is 4.42 Å². The van der Waals surface area contributed by atoms with Crippen LogP contribution in [0.3, 0.4) is 0 Å². The highest BCUT2D eigenvalue weighted by molar-refractivity contribution is 9.10. The van der Waals surface area contributed by atoms with Crippen LogP contribution in [0, 0.1) is 6.92 Å². The summed E-state index contributed by atoms with van der Waals surface area (Å²) in [6, 6.07) is 6.26. The zero-order chi connectivity index (χ0) is 11.5. The molecule has 0 saturated heterocycles. The predicted octanol–water partition coefficient (Wildman–Crippen LogP) is 3.62. The molecule has 0 bridgehead atoms. The van der Waals surface area contributed by atoms with E-state index in [1.165, 1.54) is 5.56 Å². The lowest BCUT2D eigenvalue weighted by atomic mass is 10.2. The molecule has 4 nitrogen and oxygen atoms in total. The van der Waals surface area contributed by atoms with Crippen molar-refractivity contribution in [3.05, 3.63) is 34.1 Å². The van der Waals surface area contributed by atoms with Gasteiger partial charge in [0.25, 0.3) is 0 Å². The van der Waals surface area contributed by atoms with Crippen LogP contribution in [-0.4, -0.2) is 10.2 Å². The van der Waals surface area contributed by atoms with E-state index in [9.17, 15) is 0 Å². The maximum atomic E-state index is 5.56. The second kappa shape index (κ2) is 4.84. The first-order valence-corrected chi connectivity index (χ1v) is 5.93. The number of aryl methyl sites for hydroxylation is 1. The molecular formula is C10H9BrClN3O. The van der Waals surface area contributed by atoms with Crippen LogP contribution in [0.25, 0.3) is 0 Å². The molecule has 84 valence electrons. The van der Waals surface area contributed by atoms with E-state index in [-0.39, 0.29) is 5.88 Å². The molecule has 0 spiro atoms. The summed E-state index contributed by atoms with van der Waals surface area (Å²) >= 11 is 9.01. The molecular weight excluding hydrogens is 293 g/mol. The molecule has 1 heterocycles. The highest BCUT2D eigenvalue weighted by atomic mass is 79.9. The van der Waals surface area contributed by atoms with Gasteiger partial charge in [0.1, 0.15) is 5.88 Å². The average Bonchev–Trinajstić information content (AvgIpc) is 2.70. The van der Waals surface area contributed by atoms with Gasteiger partial charge < -0.3 is 9.73 Å². The van der Waals surface area contributed by atoms with Gasteiger partial charge in [0, 0.05) is 4.47 Å². The van der Waals surface area contributed by atoms with Crippen LogP contribution in [0.1, 0.15) is 11.5 Å². The summed E-state index contributed by atoms with van der Waals surface area (Å²) in [5.74, 6) is 0.608. The molecule has 0 saturated carbocycles. The van der Waals surface area contributed by atoms with Crippen LogP contribution in [0.15, 0.2) is 27.1 Å². The molecule has 0 fully saturated rings. The molecule has 0 aliphatic heterocycles. The van der Waals surface area contributed by atoms with Gasteiger partial charge in [0.05, 0.1) is 5.69 Å². The Hall–Kier alpha value is -1.07. The number of hydrogen-bond acceptors (Lipinski definition) is 4. The molecule has 16 heavy (non-hydrogen) atoms. The quantitative estimate of drug-likeness (QED) is 0.880. The Bertz CT molecular complexity index is 501. The maximum Gasteiger partial charge on any atom is 0.320 e. The van der Waals surface area contributed by atoms with E-state index in [1.54, 1.807) is 0 Å². The van der Waals surface area contributed by atoms with E-state index in [2.05, 4.69) is 31.4 Å². The number of aromatic nitrogens is 2. The molecule has 0 aliphatic carbocycles. The van der Waals surface area contributed by atoms with Crippen molar-refractivity contribution in [3.8, 4) is 0 Å². The Labute approximate surface area is 106 Å². The Balaban J connectivity index is 2.20. The molecule has 0 aliphatic rings. The lowest BCUT2D eigenvalue weighted by molar-refractivity contribution is 0.530. The molecule has 0 amide bonds. The maximum absolute atomic E-state index is 5.56. The van der Waals surface area contributed by atoms with Crippen LogP contribution in [0.2, 0.25) is 0 Å². The van der Waals surface area contributed by atoms with Crippen LogP contribution < -0.4 is 5.32 Å².